The third-order valence-electron chi connectivity index (χ3n) is 4.87. The Hall–Kier alpha value is -2.77. The minimum atomic E-state index is 0.0626. The third kappa shape index (κ3) is 2.99. The lowest BCUT2D eigenvalue weighted by Gasteiger charge is -2.32. The summed E-state index contributed by atoms with van der Waals surface area (Å²) < 4.78 is 3.51. The highest BCUT2D eigenvalue weighted by Crippen LogP contribution is 2.23. The first-order valence-electron chi connectivity index (χ1n) is 8.57. The van der Waals surface area contributed by atoms with Crippen LogP contribution in [0.1, 0.15) is 24.2 Å². The number of anilines is 1. The predicted molar refractivity (Wildman–Crippen MR) is 93.7 cm³/mol. The molecule has 0 atom stereocenters. The van der Waals surface area contributed by atoms with Gasteiger partial charge in [0, 0.05) is 31.4 Å². The molecule has 1 aliphatic rings. The van der Waals surface area contributed by atoms with Crippen molar-refractivity contribution in [1.29, 1.82) is 0 Å². The number of hydrogen-bond donors (Lipinski definition) is 0. The van der Waals surface area contributed by atoms with E-state index in [9.17, 15) is 4.79 Å². The van der Waals surface area contributed by atoms with Crippen LogP contribution in [0.25, 0.3) is 5.65 Å². The van der Waals surface area contributed by atoms with E-state index in [1.807, 2.05) is 26.0 Å². The number of hydrogen-bond acceptors (Lipinski definition) is 6. The van der Waals surface area contributed by atoms with Gasteiger partial charge in [-0.2, -0.15) is 4.52 Å². The highest BCUT2D eigenvalue weighted by atomic mass is 16.1. The number of rotatable bonds is 3. The summed E-state index contributed by atoms with van der Waals surface area (Å²) in [5, 5.41) is 12.8. The van der Waals surface area contributed by atoms with E-state index in [0.717, 1.165) is 49.8 Å². The number of fused-ring (bicyclic) bond motifs is 1. The van der Waals surface area contributed by atoms with Gasteiger partial charge in [-0.1, -0.05) is 0 Å². The summed E-state index contributed by atoms with van der Waals surface area (Å²) in [5.41, 5.74) is 1.52. The number of nitrogens with zero attached hydrogens (tertiary/aromatic N) is 7. The second kappa shape index (κ2) is 6.27. The molecule has 0 aliphatic carbocycles. The molecule has 25 heavy (non-hydrogen) atoms. The predicted octanol–water partition coefficient (Wildman–Crippen LogP) is 1.21. The minimum Gasteiger partial charge on any atom is -0.355 e. The van der Waals surface area contributed by atoms with Crippen LogP contribution in [0.15, 0.2) is 29.5 Å². The molecule has 1 saturated heterocycles. The van der Waals surface area contributed by atoms with E-state index in [2.05, 4.69) is 25.2 Å². The summed E-state index contributed by atoms with van der Waals surface area (Å²) in [7, 11) is 0. The molecule has 8 heteroatoms. The second-order valence-corrected chi connectivity index (χ2v) is 6.67. The van der Waals surface area contributed by atoms with Gasteiger partial charge in [0.1, 0.15) is 5.82 Å². The Bertz CT molecular complexity index is 953. The van der Waals surface area contributed by atoms with Crippen LogP contribution >= 0.6 is 0 Å². The van der Waals surface area contributed by atoms with Crippen molar-refractivity contribution in [2.45, 2.75) is 33.2 Å². The lowest BCUT2D eigenvalue weighted by Crippen LogP contribution is -2.37. The summed E-state index contributed by atoms with van der Waals surface area (Å²) in [6.07, 6.45) is 5.32. The summed E-state index contributed by atoms with van der Waals surface area (Å²) in [6.45, 7) is 6.30. The highest BCUT2D eigenvalue weighted by Gasteiger charge is 2.21. The van der Waals surface area contributed by atoms with Crippen LogP contribution in [0.5, 0.6) is 0 Å². The molecule has 0 unspecified atom stereocenters. The quantitative estimate of drug-likeness (QED) is 0.713. The third-order valence-corrected chi connectivity index (χ3v) is 4.87. The fourth-order valence-corrected chi connectivity index (χ4v) is 3.37. The van der Waals surface area contributed by atoms with E-state index in [0.29, 0.717) is 11.5 Å². The standard InChI is InChI=1S/C17H21N7O/c1-12-9-18-11-23(17(12)25)10-14-5-7-22(8-6-14)16-4-3-15-20-19-13(2)24(15)21-16/h3-4,9,11,14H,5-8,10H2,1-2H3. The zero-order valence-electron chi connectivity index (χ0n) is 14.5. The molecule has 4 heterocycles. The maximum Gasteiger partial charge on any atom is 0.256 e. The topological polar surface area (TPSA) is 81.2 Å². The molecule has 0 spiro atoms. The first kappa shape index (κ1) is 15.7. The molecule has 0 bridgehead atoms. The van der Waals surface area contributed by atoms with E-state index >= 15 is 0 Å². The van der Waals surface area contributed by atoms with Crippen molar-refractivity contribution in [3.05, 3.63) is 46.4 Å². The maximum absolute atomic E-state index is 12.1. The Morgan fingerprint density at radius 2 is 1.96 bits per heavy atom. The van der Waals surface area contributed by atoms with Crippen molar-refractivity contribution >= 4 is 11.5 Å². The van der Waals surface area contributed by atoms with Gasteiger partial charge in [-0.25, -0.2) is 4.98 Å². The molecule has 3 aromatic rings. The van der Waals surface area contributed by atoms with E-state index < -0.39 is 0 Å². The molecular formula is C17H21N7O. The molecular weight excluding hydrogens is 318 g/mol. The normalized spacial score (nSPS) is 15.8. The molecule has 0 saturated carbocycles. The van der Waals surface area contributed by atoms with Gasteiger partial charge in [0.15, 0.2) is 11.5 Å². The van der Waals surface area contributed by atoms with Gasteiger partial charge in [0.05, 0.1) is 6.33 Å². The van der Waals surface area contributed by atoms with Crippen LogP contribution in [-0.4, -0.2) is 42.5 Å². The largest absolute Gasteiger partial charge is 0.355 e. The van der Waals surface area contributed by atoms with Crippen LogP contribution in [0.2, 0.25) is 0 Å². The second-order valence-electron chi connectivity index (χ2n) is 6.67. The Kier molecular flexibility index (Phi) is 3.95. The number of aryl methyl sites for hydroxylation is 2. The Morgan fingerprint density at radius 3 is 2.76 bits per heavy atom. The van der Waals surface area contributed by atoms with E-state index in [1.165, 1.54) is 0 Å². The average molecular weight is 339 g/mol. The SMILES string of the molecule is Cc1cncn(CC2CCN(c3ccc4nnc(C)n4n3)CC2)c1=O. The van der Waals surface area contributed by atoms with Crippen molar-refractivity contribution in [2.75, 3.05) is 18.0 Å². The number of aromatic nitrogens is 6. The molecule has 0 aromatic carbocycles. The molecule has 0 radical (unpaired) electrons. The molecule has 3 aromatic heterocycles. The lowest BCUT2D eigenvalue weighted by atomic mass is 9.96. The van der Waals surface area contributed by atoms with Crippen LogP contribution in [-0.2, 0) is 6.54 Å². The zero-order chi connectivity index (χ0) is 17.4. The van der Waals surface area contributed by atoms with Gasteiger partial charge in [-0.05, 0) is 44.7 Å². The summed E-state index contributed by atoms with van der Waals surface area (Å²) in [5.74, 6) is 2.22. The molecule has 1 aliphatic heterocycles. The minimum absolute atomic E-state index is 0.0626. The zero-order valence-corrected chi connectivity index (χ0v) is 14.5. The first-order valence-corrected chi connectivity index (χ1v) is 8.57. The van der Waals surface area contributed by atoms with Crippen LogP contribution < -0.4 is 10.5 Å². The van der Waals surface area contributed by atoms with Gasteiger partial charge in [0.25, 0.3) is 5.56 Å². The molecule has 0 N–H and O–H groups in total. The summed E-state index contributed by atoms with van der Waals surface area (Å²) in [6, 6.07) is 3.95. The lowest BCUT2D eigenvalue weighted by molar-refractivity contribution is 0.349. The van der Waals surface area contributed by atoms with Gasteiger partial charge in [0.2, 0.25) is 0 Å². The monoisotopic (exact) mass is 339 g/mol. The van der Waals surface area contributed by atoms with Crippen LogP contribution in [0.4, 0.5) is 5.82 Å². The molecule has 1 fully saturated rings. The van der Waals surface area contributed by atoms with E-state index in [-0.39, 0.29) is 5.56 Å². The van der Waals surface area contributed by atoms with Gasteiger partial charge in [-0.3, -0.25) is 9.36 Å². The maximum atomic E-state index is 12.1. The van der Waals surface area contributed by atoms with Gasteiger partial charge < -0.3 is 4.90 Å². The molecule has 4 rings (SSSR count). The van der Waals surface area contributed by atoms with Crippen molar-refractivity contribution in [2.24, 2.45) is 5.92 Å². The molecule has 0 amide bonds. The van der Waals surface area contributed by atoms with Crippen molar-refractivity contribution < 1.29 is 0 Å². The van der Waals surface area contributed by atoms with E-state index in [4.69, 9.17) is 0 Å². The van der Waals surface area contributed by atoms with E-state index in [1.54, 1.807) is 21.6 Å². The first-order chi connectivity index (χ1) is 12.1. The highest BCUT2D eigenvalue weighted by molar-refractivity contribution is 5.45. The summed E-state index contributed by atoms with van der Waals surface area (Å²) >= 11 is 0. The fraction of sp³-hybridized carbons (Fsp3) is 0.471. The van der Waals surface area contributed by atoms with Crippen LogP contribution in [0, 0.1) is 19.8 Å². The van der Waals surface area contributed by atoms with Crippen molar-refractivity contribution in [1.82, 2.24) is 29.4 Å². The smallest absolute Gasteiger partial charge is 0.256 e. The average Bonchev–Trinajstić information content (AvgIpc) is 3.00. The fourth-order valence-electron chi connectivity index (χ4n) is 3.37. The Labute approximate surface area is 145 Å². The van der Waals surface area contributed by atoms with Crippen LogP contribution in [0.3, 0.4) is 0 Å². The van der Waals surface area contributed by atoms with Gasteiger partial charge >= 0.3 is 0 Å². The molecule has 130 valence electrons. The van der Waals surface area contributed by atoms with Gasteiger partial charge in [-0.15, -0.1) is 15.3 Å². The Balaban J connectivity index is 1.44. The Morgan fingerprint density at radius 1 is 1.16 bits per heavy atom. The molecule has 8 nitrogen and oxygen atoms in total. The summed E-state index contributed by atoms with van der Waals surface area (Å²) in [4.78, 5) is 18.6. The number of piperidine rings is 1. The van der Waals surface area contributed by atoms with Crippen molar-refractivity contribution in [3.63, 3.8) is 0 Å². The van der Waals surface area contributed by atoms with Crippen molar-refractivity contribution in [3.8, 4) is 0 Å².